The summed E-state index contributed by atoms with van der Waals surface area (Å²) in [5, 5.41) is 0. The molecule has 3 rings (SSSR count). The quantitative estimate of drug-likeness (QED) is 0.777. The van der Waals surface area contributed by atoms with Crippen LogP contribution in [0.5, 0.6) is 5.75 Å². The highest BCUT2D eigenvalue weighted by atomic mass is 16.5. The van der Waals surface area contributed by atoms with Crippen molar-refractivity contribution >= 4 is 11.8 Å². The van der Waals surface area contributed by atoms with E-state index < -0.39 is 6.10 Å². The second kappa shape index (κ2) is 9.49. The third kappa shape index (κ3) is 5.31. The first-order chi connectivity index (χ1) is 14.0. The Balaban J connectivity index is 1.56. The molecule has 1 saturated heterocycles. The maximum atomic E-state index is 12.9. The Morgan fingerprint density at radius 3 is 2.31 bits per heavy atom. The molecule has 0 aliphatic carbocycles. The van der Waals surface area contributed by atoms with Crippen molar-refractivity contribution in [1.82, 2.24) is 19.8 Å². The van der Waals surface area contributed by atoms with Crippen LogP contribution in [-0.2, 0) is 4.79 Å². The van der Waals surface area contributed by atoms with E-state index in [0.717, 1.165) is 0 Å². The van der Waals surface area contributed by atoms with Crippen molar-refractivity contribution < 1.29 is 14.3 Å². The first-order valence-corrected chi connectivity index (χ1v) is 10.1. The van der Waals surface area contributed by atoms with Crippen molar-refractivity contribution in [2.75, 3.05) is 26.2 Å². The summed E-state index contributed by atoms with van der Waals surface area (Å²) in [4.78, 5) is 37.0. The van der Waals surface area contributed by atoms with Crippen LogP contribution >= 0.6 is 0 Å². The minimum absolute atomic E-state index is 0.0632. The molecule has 29 heavy (non-hydrogen) atoms. The summed E-state index contributed by atoms with van der Waals surface area (Å²) >= 11 is 0. The lowest BCUT2D eigenvalue weighted by Gasteiger charge is -2.25. The van der Waals surface area contributed by atoms with Crippen molar-refractivity contribution in [3.63, 3.8) is 0 Å². The summed E-state index contributed by atoms with van der Waals surface area (Å²) in [7, 11) is 0. The van der Waals surface area contributed by atoms with E-state index in [1.807, 2.05) is 24.3 Å². The molecule has 0 radical (unpaired) electrons. The predicted molar refractivity (Wildman–Crippen MR) is 110 cm³/mol. The van der Waals surface area contributed by atoms with Crippen LogP contribution in [0.2, 0.25) is 0 Å². The lowest BCUT2D eigenvalue weighted by atomic mass is 10.0. The summed E-state index contributed by atoms with van der Waals surface area (Å²) in [5.41, 5.74) is 1.56. The zero-order chi connectivity index (χ0) is 20.8. The molecule has 1 atom stereocenters. The predicted octanol–water partition coefficient (Wildman–Crippen LogP) is 2.74. The normalized spacial score (nSPS) is 15.7. The van der Waals surface area contributed by atoms with Gasteiger partial charge in [-0.25, -0.2) is 4.98 Å². The lowest BCUT2D eigenvalue weighted by Crippen LogP contribution is -2.43. The van der Waals surface area contributed by atoms with Gasteiger partial charge in [-0.1, -0.05) is 26.0 Å². The highest BCUT2D eigenvalue weighted by molar-refractivity contribution is 5.92. The molecule has 154 valence electrons. The number of hydrogen-bond acceptors (Lipinski definition) is 5. The van der Waals surface area contributed by atoms with E-state index >= 15 is 0 Å². The summed E-state index contributed by atoms with van der Waals surface area (Å²) in [6.07, 6.45) is 4.65. The van der Waals surface area contributed by atoms with E-state index in [4.69, 9.17) is 4.74 Å². The third-order valence-corrected chi connectivity index (χ3v) is 5.08. The van der Waals surface area contributed by atoms with Gasteiger partial charge in [0.25, 0.3) is 11.8 Å². The number of carbonyl (C=O) groups excluding carboxylic acids is 2. The number of aromatic nitrogens is 2. The van der Waals surface area contributed by atoms with E-state index in [2.05, 4.69) is 23.8 Å². The topological polar surface area (TPSA) is 75.6 Å². The Morgan fingerprint density at radius 2 is 1.66 bits per heavy atom. The van der Waals surface area contributed by atoms with Gasteiger partial charge < -0.3 is 14.5 Å². The fourth-order valence-corrected chi connectivity index (χ4v) is 3.36. The smallest absolute Gasteiger partial charge is 0.274 e. The summed E-state index contributed by atoms with van der Waals surface area (Å²) in [6.45, 7) is 8.18. The third-order valence-electron chi connectivity index (χ3n) is 5.08. The van der Waals surface area contributed by atoms with Crippen molar-refractivity contribution in [3.05, 3.63) is 54.1 Å². The Bertz CT molecular complexity index is 824. The number of rotatable bonds is 5. The van der Waals surface area contributed by atoms with E-state index in [1.54, 1.807) is 16.7 Å². The monoisotopic (exact) mass is 396 g/mol. The van der Waals surface area contributed by atoms with Gasteiger partial charge in [0.1, 0.15) is 11.4 Å². The van der Waals surface area contributed by atoms with E-state index in [1.165, 1.54) is 24.2 Å². The molecule has 0 bridgehead atoms. The molecular weight excluding hydrogens is 368 g/mol. The zero-order valence-electron chi connectivity index (χ0n) is 17.2. The summed E-state index contributed by atoms with van der Waals surface area (Å²) in [5.74, 6) is 0.922. The highest BCUT2D eigenvalue weighted by Crippen LogP contribution is 2.20. The minimum atomic E-state index is -0.581. The van der Waals surface area contributed by atoms with Gasteiger partial charge in [-0.3, -0.25) is 14.6 Å². The van der Waals surface area contributed by atoms with Crippen LogP contribution in [0.4, 0.5) is 0 Å². The molecule has 1 aliphatic heterocycles. The second-order valence-corrected chi connectivity index (χ2v) is 7.55. The van der Waals surface area contributed by atoms with Gasteiger partial charge in [0, 0.05) is 38.6 Å². The molecule has 0 N–H and O–H groups in total. The number of benzene rings is 1. The first-order valence-electron chi connectivity index (χ1n) is 10.1. The zero-order valence-corrected chi connectivity index (χ0v) is 17.2. The standard InChI is InChI=1S/C22H28N4O3/c1-16(2)18-5-7-19(8-6-18)29-17(3)21(27)25-11-4-12-26(14-13-25)22(28)20-15-23-9-10-24-20/h5-10,15-17H,4,11-14H2,1-3H3. The molecule has 7 heteroatoms. The molecule has 1 aliphatic rings. The van der Waals surface area contributed by atoms with Crippen molar-refractivity contribution in [2.24, 2.45) is 0 Å². The van der Waals surface area contributed by atoms with Crippen LogP contribution < -0.4 is 4.74 Å². The molecule has 1 aromatic heterocycles. The molecule has 2 aromatic rings. The SMILES string of the molecule is CC(Oc1ccc(C(C)C)cc1)C(=O)N1CCCN(C(=O)c2cnccn2)CC1. The van der Waals surface area contributed by atoms with Crippen LogP contribution in [0, 0.1) is 0 Å². The van der Waals surface area contributed by atoms with Crippen LogP contribution in [0.15, 0.2) is 42.9 Å². The number of amides is 2. The van der Waals surface area contributed by atoms with Crippen molar-refractivity contribution in [2.45, 2.75) is 39.2 Å². The molecule has 0 saturated carbocycles. The fraction of sp³-hybridized carbons (Fsp3) is 0.455. The van der Waals surface area contributed by atoms with Gasteiger partial charge in [0.2, 0.25) is 0 Å². The van der Waals surface area contributed by atoms with Crippen LogP contribution in [0.25, 0.3) is 0 Å². The summed E-state index contributed by atoms with van der Waals surface area (Å²) < 4.78 is 5.86. The number of carbonyl (C=O) groups is 2. The minimum Gasteiger partial charge on any atom is -0.481 e. The van der Waals surface area contributed by atoms with E-state index in [0.29, 0.717) is 50.0 Å². The van der Waals surface area contributed by atoms with E-state index in [-0.39, 0.29) is 11.8 Å². The average Bonchev–Trinajstić information content (AvgIpc) is 3.00. The van der Waals surface area contributed by atoms with Crippen molar-refractivity contribution in [1.29, 1.82) is 0 Å². The first kappa shape index (κ1) is 20.8. The Morgan fingerprint density at radius 1 is 0.966 bits per heavy atom. The van der Waals surface area contributed by atoms with Gasteiger partial charge in [0.05, 0.1) is 6.20 Å². The lowest BCUT2D eigenvalue weighted by molar-refractivity contribution is -0.137. The Kier molecular flexibility index (Phi) is 6.80. The molecule has 1 unspecified atom stereocenters. The largest absolute Gasteiger partial charge is 0.481 e. The molecular formula is C22H28N4O3. The number of ether oxygens (including phenoxy) is 1. The van der Waals surface area contributed by atoms with E-state index in [9.17, 15) is 9.59 Å². The fourth-order valence-electron chi connectivity index (χ4n) is 3.36. The Hall–Kier alpha value is -2.96. The Labute approximate surface area is 171 Å². The van der Waals surface area contributed by atoms with Gasteiger partial charge in [-0.2, -0.15) is 0 Å². The highest BCUT2D eigenvalue weighted by Gasteiger charge is 2.27. The van der Waals surface area contributed by atoms with Crippen LogP contribution in [0.3, 0.4) is 0 Å². The molecule has 2 heterocycles. The summed E-state index contributed by atoms with van der Waals surface area (Å²) in [6, 6.07) is 7.86. The van der Waals surface area contributed by atoms with Gasteiger partial charge in [0.15, 0.2) is 6.10 Å². The van der Waals surface area contributed by atoms with Crippen LogP contribution in [0.1, 0.15) is 49.2 Å². The maximum Gasteiger partial charge on any atom is 0.274 e. The van der Waals surface area contributed by atoms with Gasteiger partial charge >= 0.3 is 0 Å². The molecule has 0 spiro atoms. The molecule has 1 fully saturated rings. The molecule has 1 aromatic carbocycles. The number of hydrogen-bond donors (Lipinski definition) is 0. The van der Waals surface area contributed by atoms with Gasteiger partial charge in [-0.05, 0) is 37.0 Å². The van der Waals surface area contributed by atoms with Gasteiger partial charge in [-0.15, -0.1) is 0 Å². The number of nitrogens with zero attached hydrogens (tertiary/aromatic N) is 4. The van der Waals surface area contributed by atoms with Crippen molar-refractivity contribution in [3.8, 4) is 5.75 Å². The second-order valence-electron chi connectivity index (χ2n) is 7.55. The van der Waals surface area contributed by atoms with Crippen LogP contribution in [-0.4, -0.2) is 63.9 Å². The molecule has 7 nitrogen and oxygen atoms in total. The maximum absolute atomic E-state index is 12.9. The molecule has 2 amide bonds. The average molecular weight is 396 g/mol.